The number of carbonyl (C=O) groups is 1. The minimum Gasteiger partial charge on any atom is -0.497 e. The number of aromatic nitrogens is 2. The topological polar surface area (TPSA) is 56.6 Å². The first-order valence-electron chi connectivity index (χ1n) is 8.33. The number of amides is 1. The summed E-state index contributed by atoms with van der Waals surface area (Å²) in [5.41, 5.74) is -0.0867. The molecule has 3 rings (SSSR count). The molecule has 0 bridgehead atoms. The lowest BCUT2D eigenvalue weighted by molar-refractivity contribution is -0.170. The number of ether oxygens (including phenoxy) is 1. The molecule has 0 N–H and O–H groups in total. The quantitative estimate of drug-likeness (QED) is 0.720. The van der Waals surface area contributed by atoms with Crippen LogP contribution < -0.4 is 4.74 Å². The molecule has 27 heavy (non-hydrogen) atoms. The summed E-state index contributed by atoms with van der Waals surface area (Å²) in [5, 5.41) is 4.79. The third kappa shape index (κ3) is 4.08. The maximum Gasteiger partial charge on any atom is 0.435 e. The van der Waals surface area contributed by atoms with E-state index in [9.17, 15) is 18.0 Å². The molecule has 1 aliphatic carbocycles. The molecule has 0 aliphatic heterocycles. The van der Waals surface area contributed by atoms with Crippen LogP contribution in [-0.4, -0.2) is 42.0 Å². The average molecular weight is 383 g/mol. The van der Waals surface area contributed by atoms with E-state index in [0.29, 0.717) is 12.2 Å². The fourth-order valence-corrected chi connectivity index (χ4v) is 3.06. The highest BCUT2D eigenvalue weighted by molar-refractivity contribution is 5.82. The zero-order valence-corrected chi connectivity index (χ0v) is 15.2. The average Bonchev–Trinajstić information content (AvgIpc) is 3.32. The first-order valence-corrected chi connectivity index (χ1v) is 8.33. The summed E-state index contributed by atoms with van der Waals surface area (Å²) in [6.07, 6.45) is -2.84. The Kier molecular flexibility index (Phi) is 5.14. The molecule has 1 amide bonds. The van der Waals surface area contributed by atoms with Crippen molar-refractivity contribution in [3.8, 4) is 5.75 Å². The van der Waals surface area contributed by atoms with Crippen LogP contribution in [0.25, 0.3) is 0 Å². The van der Waals surface area contributed by atoms with Crippen LogP contribution in [0.4, 0.5) is 13.2 Å². The minimum atomic E-state index is -4.58. The van der Waals surface area contributed by atoms with Crippen LogP contribution in [0.15, 0.2) is 30.5 Å². The van der Waals surface area contributed by atoms with E-state index in [4.69, 9.17) is 9.57 Å². The maximum absolute atomic E-state index is 13.4. The number of halogens is 3. The monoisotopic (exact) mass is 383 g/mol. The number of hydroxylamine groups is 2. The Morgan fingerprint density at radius 2 is 1.96 bits per heavy atom. The number of alkyl halides is 3. The summed E-state index contributed by atoms with van der Waals surface area (Å²) in [6.45, 7) is 0.191. The lowest BCUT2D eigenvalue weighted by Crippen LogP contribution is -2.27. The van der Waals surface area contributed by atoms with Gasteiger partial charge in [-0.05, 0) is 24.1 Å². The lowest BCUT2D eigenvalue weighted by Gasteiger charge is -2.13. The van der Waals surface area contributed by atoms with Crippen molar-refractivity contribution < 1.29 is 27.5 Å². The summed E-state index contributed by atoms with van der Waals surface area (Å²) in [7, 11) is 4.32. The number of hydrogen-bond donors (Lipinski definition) is 0. The molecule has 0 saturated heterocycles. The highest BCUT2D eigenvalue weighted by Gasteiger charge is 2.50. The van der Waals surface area contributed by atoms with Crippen molar-refractivity contribution in [3.05, 3.63) is 47.3 Å². The van der Waals surface area contributed by atoms with Gasteiger partial charge in [0, 0.05) is 30.6 Å². The highest BCUT2D eigenvalue weighted by Crippen LogP contribution is 2.51. The van der Waals surface area contributed by atoms with Crippen LogP contribution in [-0.2, 0) is 22.4 Å². The molecule has 146 valence electrons. The predicted octanol–water partition coefficient (Wildman–Crippen LogP) is 3.08. The highest BCUT2D eigenvalue weighted by atomic mass is 19.4. The summed E-state index contributed by atoms with van der Waals surface area (Å²) < 4.78 is 46.6. The van der Waals surface area contributed by atoms with E-state index in [0.717, 1.165) is 10.6 Å². The molecule has 1 saturated carbocycles. The Morgan fingerprint density at radius 3 is 2.52 bits per heavy atom. The molecule has 1 unspecified atom stereocenters. The van der Waals surface area contributed by atoms with Crippen molar-refractivity contribution in [3.63, 3.8) is 0 Å². The molecule has 1 aromatic heterocycles. The molecule has 6 nitrogen and oxygen atoms in total. The van der Waals surface area contributed by atoms with E-state index in [1.807, 2.05) is 0 Å². The van der Waals surface area contributed by atoms with Gasteiger partial charge in [0.15, 0.2) is 5.69 Å². The fraction of sp³-hybridized carbons (Fsp3) is 0.444. The Hall–Kier alpha value is -2.55. The number of hydrogen-bond acceptors (Lipinski definition) is 4. The second-order valence-corrected chi connectivity index (χ2v) is 6.44. The molecular formula is C18H20F3N3O3. The maximum atomic E-state index is 13.4. The van der Waals surface area contributed by atoms with E-state index < -0.39 is 23.7 Å². The number of rotatable bonds is 6. The van der Waals surface area contributed by atoms with Crippen molar-refractivity contribution in [2.45, 2.75) is 25.1 Å². The van der Waals surface area contributed by atoms with Gasteiger partial charge in [0.25, 0.3) is 0 Å². The van der Waals surface area contributed by atoms with Gasteiger partial charge in [-0.25, -0.2) is 5.06 Å². The zero-order valence-electron chi connectivity index (χ0n) is 15.2. The first-order chi connectivity index (χ1) is 12.7. The van der Waals surface area contributed by atoms with Crippen molar-refractivity contribution in [1.29, 1.82) is 0 Å². The SMILES string of the molecule is COc1ccc(Cn2cc(C3C[C@H]3C(=O)N(C)OC)c(C(F)(F)F)n2)cc1. The van der Waals surface area contributed by atoms with Crippen LogP contribution >= 0.6 is 0 Å². The van der Waals surface area contributed by atoms with Crippen molar-refractivity contribution in [1.82, 2.24) is 14.8 Å². The van der Waals surface area contributed by atoms with Gasteiger partial charge in [-0.1, -0.05) is 12.1 Å². The molecule has 0 spiro atoms. The van der Waals surface area contributed by atoms with E-state index in [1.165, 1.54) is 25.0 Å². The first kappa shape index (κ1) is 19.2. The summed E-state index contributed by atoms with van der Waals surface area (Å²) in [6, 6.07) is 7.01. The minimum absolute atomic E-state index is 0.0545. The standard InChI is InChI=1S/C18H20F3N3O3/c1-23(27-3)17(25)14-8-13(14)15-10-24(22-16(15)18(19,20)21)9-11-4-6-12(26-2)7-5-11/h4-7,10,13-14H,8-9H2,1-3H3/t13?,14-/m1/s1. The second kappa shape index (κ2) is 7.22. The third-order valence-corrected chi connectivity index (χ3v) is 4.65. The van der Waals surface area contributed by atoms with Gasteiger partial charge >= 0.3 is 6.18 Å². The number of methoxy groups -OCH3 is 1. The molecule has 9 heteroatoms. The van der Waals surface area contributed by atoms with Crippen LogP contribution in [0, 0.1) is 5.92 Å². The molecule has 2 atom stereocenters. The zero-order chi connectivity index (χ0) is 19.8. The van der Waals surface area contributed by atoms with Gasteiger partial charge in [-0.2, -0.15) is 18.3 Å². The lowest BCUT2D eigenvalue weighted by atomic mass is 10.1. The van der Waals surface area contributed by atoms with Crippen molar-refractivity contribution in [2.75, 3.05) is 21.3 Å². The smallest absolute Gasteiger partial charge is 0.435 e. The van der Waals surface area contributed by atoms with Crippen molar-refractivity contribution >= 4 is 5.91 Å². The Bertz CT molecular complexity index is 817. The van der Waals surface area contributed by atoms with Gasteiger partial charge in [-0.15, -0.1) is 0 Å². The summed E-state index contributed by atoms with van der Waals surface area (Å²) >= 11 is 0. The van der Waals surface area contributed by atoms with Crippen LogP contribution in [0.5, 0.6) is 5.75 Å². The molecular weight excluding hydrogens is 363 g/mol. The largest absolute Gasteiger partial charge is 0.497 e. The van der Waals surface area contributed by atoms with E-state index >= 15 is 0 Å². The molecule has 0 radical (unpaired) electrons. The molecule has 1 heterocycles. The van der Waals surface area contributed by atoms with Gasteiger partial charge in [0.1, 0.15) is 5.75 Å². The number of nitrogens with zero attached hydrogens (tertiary/aromatic N) is 3. The normalized spacial score (nSPS) is 19.0. The van der Waals surface area contributed by atoms with Crippen molar-refractivity contribution in [2.24, 2.45) is 5.92 Å². The Labute approximate surface area is 154 Å². The molecule has 1 fully saturated rings. The molecule has 2 aromatic rings. The molecule has 1 aliphatic rings. The van der Waals surface area contributed by atoms with E-state index in [1.54, 1.807) is 31.4 Å². The van der Waals surface area contributed by atoms with Crippen LogP contribution in [0.1, 0.15) is 29.2 Å². The predicted molar refractivity (Wildman–Crippen MR) is 90.0 cm³/mol. The van der Waals surface area contributed by atoms with Gasteiger partial charge in [0.2, 0.25) is 5.91 Å². The third-order valence-electron chi connectivity index (χ3n) is 4.65. The Morgan fingerprint density at radius 1 is 1.30 bits per heavy atom. The fourth-order valence-electron chi connectivity index (χ4n) is 3.06. The van der Waals surface area contributed by atoms with Gasteiger partial charge in [0.05, 0.1) is 20.8 Å². The second-order valence-electron chi connectivity index (χ2n) is 6.44. The van der Waals surface area contributed by atoms with E-state index in [-0.39, 0.29) is 18.0 Å². The van der Waals surface area contributed by atoms with E-state index in [2.05, 4.69) is 5.10 Å². The number of benzene rings is 1. The van der Waals surface area contributed by atoms with Crippen LogP contribution in [0.2, 0.25) is 0 Å². The van der Waals surface area contributed by atoms with Crippen LogP contribution in [0.3, 0.4) is 0 Å². The molecule has 1 aromatic carbocycles. The number of carbonyl (C=O) groups excluding carboxylic acids is 1. The van der Waals surface area contributed by atoms with Gasteiger partial charge in [-0.3, -0.25) is 14.3 Å². The Balaban J connectivity index is 1.83. The van der Waals surface area contributed by atoms with Gasteiger partial charge < -0.3 is 4.74 Å². The summed E-state index contributed by atoms with van der Waals surface area (Å²) in [5.74, 6) is -0.693. The summed E-state index contributed by atoms with van der Waals surface area (Å²) in [4.78, 5) is 16.9.